The summed E-state index contributed by atoms with van der Waals surface area (Å²) in [5, 5.41) is 12.0. The summed E-state index contributed by atoms with van der Waals surface area (Å²) in [6.07, 6.45) is 3.32. The number of nitrogens with zero attached hydrogens (tertiary/aromatic N) is 2. The normalized spacial score (nSPS) is 10.8. The molecule has 3 rings (SSSR count). The van der Waals surface area contributed by atoms with Crippen LogP contribution >= 0.6 is 0 Å². The van der Waals surface area contributed by atoms with Crippen LogP contribution in [0.1, 0.15) is 25.1 Å². The van der Waals surface area contributed by atoms with Crippen molar-refractivity contribution in [1.29, 1.82) is 0 Å². The van der Waals surface area contributed by atoms with Crippen molar-refractivity contribution >= 4 is 40.7 Å². The molecule has 8 nitrogen and oxygen atoms in total. The van der Waals surface area contributed by atoms with Gasteiger partial charge in [0.05, 0.1) is 10.6 Å². The fourth-order valence-corrected chi connectivity index (χ4v) is 2.67. The van der Waals surface area contributed by atoms with Crippen molar-refractivity contribution in [2.75, 3.05) is 0 Å². The number of nitro benzene ring substituents is 1. The van der Waals surface area contributed by atoms with Crippen LogP contribution in [0.15, 0.2) is 48.5 Å². The minimum absolute atomic E-state index is 0.116. The Morgan fingerprint density at radius 1 is 0.966 bits per heavy atom. The summed E-state index contributed by atoms with van der Waals surface area (Å²) in [5.41, 5.74) is 1.32. The number of hydrogen-bond donors (Lipinski definition) is 0. The summed E-state index contributed by atoms with van der Waals surface area (Å²) < 4.78 is 10.0. The van der Waals surface area contributed by atoms with Crippen LogP contribution in [0.3, 0.4) is 0 Å². The molecule has 2 aromatic carbocycles. The zero-order valence-corrected chi connectivity index (χ0v) is 15.6. The van der Waals surface area contributed by atoms with E-state index >= 15 is 0 Å². The van der Waals surface area contributed by atoms with Crippen LogP contribution in [-0.2, 0) is 9.59 Å². The summed E-state index contributed by atoms with van der Waals surface area (Å²) in [6, 6.07) is 13.1. The Morgan fingerprint density at radius 2 is 1.69 bits per heavy atom. The maximum Gasteiger partial charge on any atom is 0.312 e. The van der Waals surface area contributed by atoms with Gasteiger partial charge in [-0.1, -0.05) is 30.3 Å². The monoisotopic (exact) mass is 392 g/mol. The lowest BCUT2D eigenvalue weighted by Crippen LogP contribution is -2.04. The highest BCUT2D eigenvalue weighted by molar-refractivity contribution is 5.88. The van der Waals surface area contributed by atoms with E-state index in [0.717, 1.165) is 5.39 Å². The highest BCUT2D eigenvalue weighted by Gasteiger charge is 2.17. The topological polar surface area (TPSA) is 109 Å². The third-order valence-electron chi connectivity index (χ3n) is 3.84. The van der Waals surface area contributed by atoms with Gasteiger partial charge in [-0.2, -0.15) is 0 Å². The molecule has 29 heavy (non-hydrogen) atoms. The van der Waals surface area contributed by atoms with Crippen molar-refractivity contribution < 1.29 is 24.0 Å². The van der Waals surface area contributed by atoms with Crippen LogP contribution in [0, 0.1) is 10.1 Å². The second-order valence-corrected chi connectivity index (χ2v) is 6.07. The van der Waals surface area contributed by atoms with Gasteiger partial charge in [0.1, 0.15) is 5.52 Å². The van der Waals surface area contributed by atoms with E-state index in [1.807, 2.05) is 12.1 Å². The Hall–Kier alpha value is -4.07. The molecule has 146 valence electrons. The Bertz CT molecular complexity index is 1150. The lowest BCUT2D eigenvalue weighted by molar-refractivity contribution is -0.385. The number of carbonyl (C=O) groups is 2. The van der Waals surface area contributed by atoms with E-state index < -0.39 is 16.9 Å². The third kappa shape index (κ3) is 4.81. The molecule has 0 saturated carbocycles. The van der Waals surface area contributed by atoms with Crippen molar-refractivity contribution in [3.05, 3.63) is 69.9 Å². The van der Waals surface area contributed by atoms with E-state index in [2.05, 4.69) is 4.98 Å². The quantitative estimate of drug-likeness (QED) is 0.277. The molecule has 0 bridgehead atoms. The zero-order chi connectivity index (χ0) is 21.0. The molecule has 0 aliphatic carbocycles. The van der Waals surface area contributed by atoms with Crippen LogP contribution in [-0.4, -0.2) is 21.8 Å². The molecule has 1 heterocycles. The third-order valence-corrected chi connectivity index (χ3v) is 3.84. The number of benzene rings is 2. The van der Waals surface area contributed by atoms with Gasteiger partial charge in [0.2, 0.25) is 5.75 Å². The number of hydrogen-bond acceptors (Lipinski definition) is 7. The van der Waals surface area contributed by atoms with Crippen molar-refractivity contribution in [3.8, 4) is 11.5 Å². The van der Waals surface area contributed by atoms with Gasteiger partial charge in [-0.25, -0.2) is 4.98 Å². The number of rotatable bonds is 5. The Kier molecular flexibility index (Phi) is 5.64. The largest absolute Gasteiger partial charge is 0.424 e. The van der Waals surface area contributed by atoms with E-state index in [9.17, 15) is 19.7 Å². The standard InChI is InChI=1S/C21H16N2O6/c1-13(24)28-19-11-7-15(12-18(19)23(26)27)6-9-17-10-8-16-4-3-5-20(21(16)22-17)29-14(2)25/h3-12H,1-2H3. The Morgan fingerprint density at radius 3 is 2.38 bits per heavy atom. The number of pyridine rings is 1. The van der Waals surface area contributed by atoms with E-state index in [1.165, 1.54) is 26.0 Å². The number of esters is 2. The van der Waals surface area contributed by atoms with Gasteiger partial charge in [-0.05, 0) is 29.8 Å². The highest BCUT2D eigenvalue weighted by Crippen LogP contribution is 2.29. The summed E-state index contributed by atoms with van der Waals surface area (Å²) in [4.78, 5) is 37.5. The van der Waals surface area contributed by atoms with Crippen LogP contribution in [0.2, 0.25) is 0 Å². The number of nitro groups is 1. The van der Waals surface area contributed by atoms with Gasteiger partial charge in [-0.3, -0.25) is 19.7 Å². The van der Waals surface area contributed by atoms with Gasteiger partial charge in [-0.15, -0.1) is 0 Å². The molecule has 0 N–H and O–H groups in total. The fraction of sp³-hybridized carbons (Fsp3) is 0.0952. The molecule has 0 spiro atoms. The van der Waals surface area contributed by atoms with Crippen LogP contribution in [0.4, 0.5) is 5.69 Å². The van der Waals surface area contributed by atoms with E-state index in [0.29, 0.717) is 22.5 Å². The number of ether oxygens (including phenoxy) is 2. The van der Waals surface area contributed by atoms with Crippen LogP contribution in [0.25, 0.3) is 23.1 Å². The Labute approximate surface area is 165 Å². The highest BCUT2D eigenvalue weighted by atomic mass is 16.6. The fourth-order valence-electron chi connectivity index (χ4n) is 2.67. The second-order valence-electron chi connectivity index (χ2n) is 6.07. The first-order chi connectivity index (χ1) is 13.8. The van der Waals surface area contributed by atoms with Gasteiger partial charge in [0.15, 0.2) is 5.75 Å². The second kappa shape index (κ2) is 8.30. The smallest absolute Gasteiger partial charge is 0.312 e. The predicted molar refractivity (Wildman–Crippen MR) is 106 cm³/mol. The zero-order valence-electron chi connectivity index (χ0n) is 15.6. The minimum atomic E-state index is -0.639. The molecule has 0 aliphatic heterocycles. The summed E-state index contributed by atoms with van der Waals surface area (Å²) >= 11 is 0. The molecule has 3 aromatic rings. The molecule has 0 radical (unpaired) electrons. The molecule has 0 aliphatic rings. The van der Waals surface area contributed by atoms with Gasteiger partial charge in [0, 0.05) is 25.3 Å². The molecular formula is C21H16N2O6. The number of carbonyl (C=O) groups excluding carboxylic acids is 2. The molecule has 0 amide bonds. The molecule has 0 fully saturated rings. The summed E-state index contributed by atoms with van der Waals surface area (Å²) in [6.45, 7) is 2.49. The SMILES string of the molecule is CC(=O)Oc1ccc(C=Cc2ccc3cccc(OC(C)=O)c3n2)cc1[N+](=O)[O-]. The van der Waals surface area contributed by atoms with Gasteiger partial charge < -0.3 is 9.47 Å². The van der Waals surface area contributed by atoms with Crippen molar-refractivity contribution in [1.82, 2.24) is 4.98 Å². The molecule has 1 aromatic heterocycles. The number of fused-ring (bicyclic) bond motifs is 1. The maximum absolute atomic E-state index is 11.3. The summed E-state index contributed by atoms with van der Waals surface area (Å²) in [5.74, 6) is -0.845. The average Bonchev–Trinajstić information content (AvgIpc) is 2.66. The van der Waals surface area contributed by atoms with E-state index in [4.69, 9.17) is 9.47 Å². The van der Waals surface area contributed by atoms with Crippen LogP contribution < -0.4 is 9.47 Å². The molecular weight excluding hydrogens is 376 g/mol. The average molecular weight is 392 g/mol. The van der Waals surface area contributed by atoms with Crippen molar-refractivity contribution in [2.24, 2.45) is 0 Å². The number of para-hydroxylation sites is 1. The minimum Gasteiger partial charge on any atom is -0.424 e. The van der Waals surface area contributed by atoms with Gasteiger partial charge >= 0.3 is 17.6 Å². The first kappa shape index (κ1) is 19.7. The molecule has 0 atom stereocenters. The number of aromatic nitrogens is 1. The lowest BCUT2D eigenvalue weighted by atomic mass is 10.1. The predicted octanol–water partition coefficient (Wildman–Crippen LogP) is 4.16. The maximum atomic E-state index is 11.3. The Balaban J connectivity index is 1.94. The van der Waals surface area contributed by atoms with Crippen LogP contribution in [0.5, 0.6) is 11.5 Å². The molecule has 0 unspecified atom stereocenters. The molecule has 8 heteroatoms. The first-order valence-electron chi connectivity index (χ1n) is 8.56. The first-order valence-corrected chi connectivity index (χ1v) is 8.56. The lowest BCUT2D eigenvalue weighted by Gasteiger charge is -2.06. The molecule has 0 saturated heterocycles. The summed E-state index contributed by atoms with van der Waals surface area (Å²) in [7, 11) is 0. The van der Waals surface area contributed by atoms with Crippen molar-refractivity contribution in [3.63, 3.8) is 0 Å². The van der Waals surface area contributed by atoms with E-state index in [1.54, 1.807) is 36.4 Å². The van der Waals surface area contributed by atoms with Crippen molar-refractivity contribution in [2.45, 2.75) is 13.8 Å². The van der Waals surface area contributed by atoms with Gasteiger partial charge in [0.25, 0.3) is 0 Å². The van der Waals surface area contributed by atoms with E-state index in [-0.39, 0.29) is 11.4 Å².